The number of carbonyl (C=O) groups is 1. The highest BCUT2D eigenvalue weighted by molar-refractivity contribution is 7.87. The van der Waals surface area contributed by atoms with Gasteiger partial charge in [-0.1, -0.05) is 0 Å². The Morgan fingerprint density at radius 2 is 0.817 bits per heavy atom. The Bertz CT molecular complexity index is 3090. The van der Waals surface area contributed by atoms with E-state index in [4.69, 9.17) is 11.5 Å². The molecule has 0 heterocycles. The molecule has 0 fully saturated rings. The van der Waals surface area contributed by atoms with E-state index in [2.05, 4.69) is 31.1 Å². The molecule has 23 nitrogen and oxygen atoms in total. The fourth-order valence-corrected chi connectivity index (χ4v) is 8.06. The number of azo groups is 2. The van der Waals surface area contributed by atoms with Crippen LogP contribution < -0.4 is 22.1 Å². The lowest BCUT2D eigenvalue weighted by Gasteiger charge is -2.12. The molecular weight excluding hydrogens is 877 g/mol. The van der Waals surface area contributed by atoms with Crippen molar-refractivity contribution in [2.45, 2.75) is 19.6 Å². The molecule has 312 valence electrons. The number of rotatable bonds is 10. The number of hydrogen-bond donors (Lipinski definition) is 10. The molecule has 27 heteroatoms. The summed E-state index contributed by atoms with van der Waals surface area (Å²) in [5, 5.41) is 39.9. The van der Waals surface area contributed by atoms with Crippen LogP contribution in [0.1, 0.15) is 0 Å². The van der Waals surface area contributed by atoms with Gasteiger partial charge in [0.1, 0.15) is 32.7 Å². The van der Waals surface area contributed by atoms with E-state index in [0.29, 0.717) is 24.3 Å². The highest BCUT2D eigenvalue weighted by atomic mass is 32.2. The van der Waals surface area contributed by atoms with Gasteiger partial charge in [0.2, 0.25) is 0 Å². The number of nitrogens with two attached hydrogens (primary N) is 2. The minimum Gasteiger partial charge on any atom is -0.507 e. The summed E-state index contributed by atoms with van der Waals surface area (Å²) in [7, 11) is -19.9. The lowest BCUT2D eigenvalue weighted by Crippen LogP contribution is -2.19. The molecule has 2 amide bonds. The lowest BCUT2D eigenvalue weighted by atomic mass is 10.1. The number of benzene rings is 6. The first kappa shape index (κ1) is 42.7. The van der Waals surface area contributed by atoms with Crippen molar-refractivity contribution in [1.82, 2.24) is 0 Å². The lowest BCUT2D eigenvalue weighted by molar-refractivity contribution is 0.262. The molecule has 60 heavy (non-hydrogen) atoms. The molecule has 0 aliphatic heterocycles. The summed E-state index contributed by atoms with van der Waals surface area (Å²) in [4.78, 5) is 9.17. The summed E-state index contributed by atoms with van der Waals surface area (Å²) in [5.41, 5.74) is 11.6. The molecule has 0 aromatic heterocycles. The van der Waals surface area contributed by atoms with Crippen molar-refractivity contribution in [3.63, 3.8) is 0 Å². The van der Waals surface area contributed by atoms with Crippen molar-refractivity contribution in [3.05, 3.63) is 84.9 Å². The van der Waals surface area contributed by atoms with Gasteiger partial charge in [-0.25, -0.2) is 4.79 Å². The molecule has 0 aliphatic rings. The van der Waals surface area contributed by atoms with Crippen LogP contribution in [0.2, 0.25) is 0 Å². The molecule has 0 spiro atoms. The van der Waals surface area contributed by atoms with Gasteiger partial charge in [0.15, 0.2) is 0 Å². The Kier molecular flexibility index (Phi) is 11.0. The molecular formula is C33H26N8O15S4. The fourth-order valence-electron chi connectivity index (χ4n) is 5.60. The zero-order valence-electron chi connectivity index (χ0n) is 29.5. The van der Waals surface area contributed by atoms with Gasteiger partial charge >= 0.3 is 6.03 Å². The number of hydrogen-bond acceptors (Lipinski definition) is 17. The molecule has 12 N–H and O–H groups in total. The van der Waals surface area contributed by atoms with Gasteiger partial charge in [0.25, 0.3) is 40.5 Å². The predicted octanol–water partition coefficient (Wildman–Crippen LogP) is 6.03. The van der Waals surface area contributed by atoms with Gasteiger partial charge in [-0.05, 0) is 72.8 Å². The first-order chi connectivity index (χ1) is 27.8. The van der Waals surface area contributed by atoms with Gasteiger partial charge in [0.05, 0.1) is 43.3 Å². The van der Waals surface area contributed by atoms with Gasteiger partial charge in [-0.2, -0.15) is 43.9 Å². The summed E-state index contributed by atoms with van der Waals surface area (Å²) in [6.45, 7) is 0. The molecule has 0 saturated heterocycles. The fraction of sp³-hybridized carbons (Fsp3) is 0. The Labute approximate surface area is 337 Å². The first-order valence-electron chi connectivity index (χ1n) is 16.0. The van der Waals surface area contributed by atoms with Crippen LogP contribution in [0.4, 0.5) is 50.3 Å². The maximum absolute atomic E-state index is 12.7. The maximum atomic E-state index is 12.7. The van der Waals surface area contributed by atoms with E-state index in [1.165, 1.54) is 48.5 Å². The summed E-state index contributed by atoms with van der Waals surface area (Å²) < 4.78 is 133. The third-order valence-corrected chi connectivity index (χ3v) is 11.7. The summed E-state index contributed by atoms with van der Waals surface area (Å²) >= 11 is 0. The largest absolute Gasteiger partial charge is 0.507 e. The maximum Gasteiger partial charge on any atom is 0.323 e. The topological polar surface area (TPSA) is 401 Å². The quantitative estimate of drug-likeness (QED) is 0.0426. The third-order valence-electron chi connectivity index (χ3n) is 8.29. The Morgan fingerprint density at radius 1 is 0.483 bits per heavy atom. The number of nitrogens with zero attached hydrogens (tertiary/aromatic N) is 4. The second-order valence-electron chi connectivity index (χ2n) is 12.3. The molecule has 6 rings (SSSR count). The van der Waals surface area contributed by atoms with Crippen molar-refractivity contribution in [2.75, 3.05) is 22.1 Å². The van der Waals surface area contributed by atoms with Gasteiger partial charge < -0.3 is 32.3 Å². The van der Waals surface area contributed by atoms with E-state index in [1.54, 1.807) is 0 Å². The molecule has 6 aromatic carbocycles. The van der Waals surface area contributed by atoms with Crippen LogP contribution in [0, 0.1) is 0 Å². The van der Waals surface area contributed by atoms with Crippen molar-refractivity contribution in [2.24, 2.45) is 20.5 Å². The monoisotopic (exact) mass is 902 g/mol. The number of urea groups is 1. The minimum atomic E-state index is -5.06. The van der Waals surface area contributed by atoms with E-state index in [-0.39, 0.29) is 45.5 Å². The van der Waals surface area contributed by atoms with Gasteiger partial charge in [-0.3, -0.25) is 18.2 Å². The normalized spacial score (nSPS) is 12.7. The van der Waals surface area contributed by atoms with Crippen LogP contribution in [0.25, 0.3) is 21.5 Å². The number of fused-ring (bicyclic) bond motifs is 2. The van der Waals surface area contributed by atoms with Crippen LogP contribution in [-0.2, 0) is 40.5 Å². The molecule has 0 unspecified atom stereocenters. The number of nitrogen functional groups attached to an aromatic ring is 2. The van der Waals surface area contributed by atoms with E-state index in [9.17, 15) is 66.9 Å². The Morgan fingerprint density at radius 3 is 1.12 bits per heavy atom. The van der Waals surface area contributed by atoms with E-state index in [0.717, 1.165) is 12.1 Å². The zero-order valence-corrected chi connectivity index (χ0v) is 32.8. The SMILES string of the molecule is Nc1c(N=Nc2ccc(NC(=O)Nc3ccc(N=Nc4cc(S(=O)(=O)O)c5cc(S(=O)(=O)O)cc(O)c5c4N)cc3)cc2)cc(S(=O)(=O)O)c2cc(S(=O)(=O)O)cc(O)c12. The standard InChI is InChI=1S/C33H26N8O15S4/c34-31-23(13-27(59(51,52)53)21-9-19(57(45,46)47)11-25(42)29(21)31)40-38-17-5-1-15(2-6-17)36-33(44)37-16-3-7-18(8-4-16)39-41-24-14-28(60(54,55)56)22-10-20(58(48,49)50)12-26(43)30(22)32(24)35/h1-14,42-43H,34-35H2,(H2,36,37,44)(H,45,46,47)(H,48,49,50)(H,51,52,53)(H,54,55,56). The third kappa shape index (κ3) is 9.06. The second kappa shape index (κ2) is 15.4. The van der Waals surface area contributed by atoms with Crippen molar-refractivity contribution in [1.29, 1.82) is 0 Å². The van der Waals surface area contributed by atoms with E-state index < -0.39 is 99.1 Å². The number of phenolic OH excluding ortho intramolecular Hbond substituents is 2. The minimum absolute atomic E-state index is 0.160. The van der Waals surface area contributed by atoms with Gasteiger partial charge in [0, 0.05) is 34.3 Å². The number of carbonyl (C=O) groups excluding carboxylic acids is 1. The zero-order chi connectivity index (χ0) is 44.1. The van der Waals surface area contributed by atoms with Crippen molar-refractivity contribution >= 4 is 114 Å². The van der Waals surface area contributed by atoms with E-state index >= 15 is 0 Å². The summed E-state index contributed by atoms with van der Waals surface area (Å²) in [6, 6.07) is 14.8. The number of aromatic hydroxyl groups is 2. The molecule has 0 bridgehead atoms. The second-order valence-corrected chi connectivity index (χ2v) is 17.9. The number of amides is 2. The number of phenols is 2. The molecule has 0 saturated carbocycles. The highest BCUT2D eigenvalue weighted by Crippen LogP contribution is 2.44. The summed E-state index contributed by atoms with van der Waals surface area (Å²) in [5.74, 6) is -1.69. The smallest absolute Gasteiger partial charge is 0.323 e. The van der Waals surface area contributed by atoms with Crippen molar-refractivity contribution in [3.8, 4) is 11.5 Å². The highest BCUT2D eigenvalue weighted by Gasteiger charge is 2.26. The van der Waals surface area contributed by atoms with Crippen LogP contribution in [0.5, 0.6) is 11.5 Å². The van der Waals surface area contributed by atoms with Crippen LogP contribution in [-0.4, -0.2) is 68.1 Å². The predicted molar refractivity (Wildman–Crippen MR) is 213 cm³/mol. The van der Waals surface area contributed by atoms with Gasteiger partial charge in [-0.15, -0.1) is 10.2 Å². The Balaban J connectivity index is 1.15. The Hall–Kier alpha value is -6.85. The van der Waals surface area contributed by atoms with Crippen LogP contribution >= 0.6 is 0 Å². The van der Waals surface area contributed by atoms with Crippen LogP contribution in [0.3, 0.4) is 0 Å². The van der Waals surface area contributed by atoms with Crippen LogP contribution in [0.15, 0.2) is 125 Å². The number of nitrogens with one attached hydrogen (secondary N) is 2. The van der Waals surface area contributed by atoms with E-state index in [1.807, 2.05) is 0 Å². The molecule has 0 atom stereocenters. The first-order valence-corrected chi connectivity index (χ1v) is 21.8. The molecule has 0 radical (unpaired) electrons. The average molecular weight is 903 g/mol. The number of anilines is 4. The summed E-state index contributed by atoms with van der Waals surface area (Å²) in [6.07, 6.45) is 0. The molecule has 0 aliphatic carbocycles. The van der Waals surface area contributed by atoms with Crippen molar-refractivity contribution < 1.29 is 66.9 Å². The average Bonchev–Trinajstić information content (AvgIpc) is 3.13. The molecule has 6 aromatic rings.